The van der Waals surface area contributed by atoms with E-state index in [9.17, 15) is 0 Å². The van der Waals surface area contributed by atoms with E-state index < -0.39 is 0 Å². The number of nitrogens with zero attached hydrogens (tertiary/aromatic N) is 1. The van der Waals surface area contributed by atoms with E-state index in [1.807, 2.05) is 30.1 Å². The Labute approximate surface area is 73.3 Å². The maximum atomic E-state index is 5.57. The first-order valence-electron chi connectivity index (χ1n) is 3.86. The lowest BCUT2D eigenvalue weighted by molar-refractivity contribution is 1.06. The molecule has 0 aliphatic carbocycles. The molecule has 0 bridgehead atoms. The van der Waals surface area contributed by atoms with Crippen LogP contribution in [0.5, 0.6) is 0 Å². The van der Waals surface area contributed by atoms with Crippen LogP contribution >= 0.6 is 0 Å². The van der Waals surface area contributed by atoms with Crippen molar-refractivity contribution in [2.45, 2.75) is 6.92 Å². The molecular weight excluding hydrogens is 148 g/mol. The lowest BCUT2D eigenvalue weighted by Crippen LogP contribution is -2.22. The van der Waals surface area contributed by atoms with Gasteiger partial charge in [-0.05, 0) is 18.6 Å². The molecule has 0 fully saturated rings. The van der Waals surface area contributed by atoms with E-state index in [-0.39, 0.29) is 0 Å². The number of benzene rings is 1. The average molecular weight is 162 g/mol. The zero-order chi connectivity index (χ0) is 9.14. The van der Waals surface area contributed by atoms with Crippen molar-refractivity contribution in [1.82, 2.24) is 0 Å². The summed E-state index contributed by atoms with van der Waals surface area (Å²) in [5, 5.41) is 0. The van der Waals surface area contributed by atoms with Crippen molar-refractivity contribution in [3.8, 4) is 0 Å². The van der Waals surface area contributed by atoms with Gasteiger partial charge in [-0.2, -0.15) is 0 Å². The highest BCUT2D eigenvalue weighted by Crippen LogP contribution is 2.18. The van der Waals surface area contributed by atoms with Crippen LogP contribution in [0.4, 0.5) is 5.69 Å². The number of hydrogen-bond acceptors (Lipinski definition) is 2. The molecule has 1 rings (SSSR count). The van der Waals surface area contributed by atoms with Gasteiger partial charge in [-0.15, -0.1) is 0 Å². The summed E-state index contributed by atoms with van der Waals surface area (Å²) in [6.07, 6.45) is 0. The third kappa shape index (κ3) is 1.59. The summed E-state index contributed by atoms with van der Waals surface area (Å²) >= 11 is 0. The second-order valence-corrected chi connectivity index (χ2v) is 2.84. The van der Waals surface area contributed by atoms with Gasteiger partial charge in [0.1, 0.15) is 0 Å². The van der Waals surface area contributed by atoms with Crippen LogP contribution < -0.4 is 10.6 Å². The van der Waals surface area contributed by atoms with Gasteiger partial charge in [-0.3, -0.25) is 0 Å². The van der Waals surface area contributed by atoms with Crippen molar-refractivity contribution in [2.24, 2.45) is 5.73 Å². The summed E-state index contributed by atoms with van der Waals surface area (Å²) in [7, 11) is 1.91. The summed E-state index contributed by atoms with van der Waals surface area (Å²) < 4.78 is 0. The van der Waals surface area contributed by atoms with Crippen molar-refractivity contribution in [2.75, 3.05) is 11.9 Å². The normalized spacial score (nSPS) is 9.50. The van der Waals surface area contributed by atoms with E-state index in [2.05, 4.69) is 19.6 Å². The Morgan fingerprint density at radius 3 is 2.50 bits per heavy atom. The van der Waals surface area contributed by atoms with E-state index in [0.717, 1.165) is 5.69 Å². The molecule has 1 aromatic rings. The Bertz CT molecular complexity index is 292. The van der Waals surface area contributed by atoms with Crippen molar-refractivity contribution in [1.29, 1.82) is 0 Å². The molecule has 0 heterocycles. The monoisotopic (exact) mass is 162 g/mol. The molecule has 0 radical (unpaired) electrons. The van der Waals surface area contributed by atoms with E-state index in [1.54, 1.807) is 0 Å². The molecule has 2 heteroatoms. The fraction of sp³-hybridized carbons (Fsp3) is 0.200. The van der Waals surface area contributed by atoms with Gasteiger partial charge in [0.05, 0.1) is 5.82 Å². The molecule has 0 aromatic heterocycles. The van der Waals surface area contributed by atoms with Crippen molar-refractivity contribution in [3.05, 3.63) is 42.2 Å². The van der Waals surface area contributed by atoms with Crippen LogP contribution in [0, 0.1) is 6.92 Å². The minimum Gasteiger partial charge on any atom is -0.386 e. The molecule has 0 saturated carbocycles. The third-order valence-corrected chi connectivity index (χ3v) is 1.91. The quantitative estimate of drug-likeness (QED) is 0.719. The molecule has 0 aliphatic rings. The summed E-state index contributed by atoms with van der Waals surface area (Å²) in [5.74, 6) is 0.560. The minimum absolute atomic E-state index is 0.560. The van der Waals surface area contributed by atoms with E-state index in [4.69, 9.17) is 5.73 Å². The molecule has 0 atom stereocenters. The molecule has 0 aliphatic heterocycles. The molecule has 2 nitrogen and oxygen atoms in total. The number of rotatable bonds is 2. The molecule has 1 aromatic carbocycles. The molecule has 12 heavy (non-hydrogen) atoms. The summed E-state index contributed by atoms with van der Waals surface area (Å²) in [4.78, 5) is 1.87. The van der Waals surface area contributed by atoms with E-state index in [0.29, 0.717) is 5.82 Å². The molecular formula is C10H14N2. The molecule has 2 N–H and O–H groups in total. The zero-order valence-electron chi connectivity index (χ0n) is 7.54. The van der Waals surface area contributed by atoms with Gasteiger partial charge in [0.15, 0.2) is 0 Å². The highest BCUT2D eigenvalue weighted by Gasteiger charge is 2.02. The molecule has 0 amide bonds. The summed E-state index contributed by atoms with van der Waals surface area (Å²) in [6.45, 7) is 5.73. The fourth-order valence-corrected chi connectivity index (χ4v) is 1.09. The van der Waals surface area contributed by atoms with Crippen LogP contribution in [0.15, 0.2) is 36.7 Å². The van der Waals surface area contributed by atoms with Crippen LogP contribution in [-0.4, -0.2) is 7.05 Å². The van der Waals surface area contributed by atoms with E-state index in [1.165, 1.54) is 5.56 Å². The third-order valence-electron chi connectivity index (χ3n) is 1.91. The van der Waals surface area contributed by atoms with Crippen LogP contribution in [0.1, 0.15) is 5.56 Å². The summed E-state index contributed by atoms with van der Waals surface area (Å²) in [5.41, 5.74) is 7.87. The van der Waals surface area contributed by atoms with Crippen LogP contribution in [0.2, 0.25) is 0 Å². The molecule has 0 unspecified atom stereocenters. The molecule has 0 spiro atoms. The highest BCUT2D eigenvalue weighted by atomic mass is 15.2. The van der Waals surface area contributed by atoms with Gasteiger partial charge in [-0.1, -0.05) is 24.8 Å². The van der Waals surface area contributed by atoms with Crippen molar-refractivity contribution < 1.29 is 0 Å². The average Bonchev–Trinajstić information content (AvgIpc) is 2.04. The topological polar surface area (TPSA) is 29.3 Å². The fourth-order valence-electron chi connectivity index (χ4n) is 1.09. The predicted octanol–water partition coefficient (Wildman–Crippen LogP) is 1.86. The first kappa shape index (κ1) is 8.65. The Morgan fingerprint density at radius 2 is 2.00 bits per heavy atom. The Hall–Kier alpha value is -1.44. The van der Waals surface area contributed by atoms with Gasteiger partial charge in [0.2, 0.25) is 0 Å². The number of anilines is 1. The first-order valence-corrected chi connectivity index (χ1v) is 3.86. The van der Waals surface area contributed by atoms with Crippen molar-refractivity contribution >= 4 is 5.69 Å². The SMILES string of the molecule is C=C(N)N(C)c1ccccc1C. The van der Waals surface area contributed by atoms with Gasteiger partial charge < -0.3 is 10.6 Å². The van der Waals surface area contributed by atoms with Crippen molar-refractivity contribution in [3.63, 3.8) is 0 Å². The van der Waals surface area contributed by atoms with Crippen LogP contribution in [0.25, 0.3) is 0 Å². The Morgan fingerprint density at radius 1 is 1.42 bits per heavy atom. The first-order chi connectivity index (χ1) is 5.63. The minimum atomic E-state index is 0.560. The lowest BCUT2D eigenvalue weighted by Gasteiger charge is -2.20. The van der Waals surface area contributed by atoms with Gasteiger partial charge in [0, 0.05) is 12.7 Å². The second-order valence-electron chi connectivity index (χ2n) is 2.84. The number of nitrogens with two attached hydrogens (primary N) is 1. The molecule has 0 saturated heterocycles. The zero-order valence-corrected chi connectivity index (χ0v) is 7.54. The smallest absolute Gasteiger partial charge is 0.0954 e. The maximum absolute atomic E-state index is 5.57. The Kier molecular flexibility index (Phi) is 2.38. The van der Waals surface area contributed by atoms with Gasteiger partial charge in [0.25, 0.3) is 0 Å². The number of hydrogen-bond donors (Lipinski definition) is 1. The highest BCUT2D eigenvalue weighted by molar-refractivity contribution is 5.55. The standard InChI is InChI=1S/C10H14N2/c1-8-6-4-5-7-10(8)12(3)9(2)11/h4-7H,2,11H2,1,3H3. The van der Waals surface area contributed by atoms with Gasteiger partial charge >= 0.3 is 0 Å². The van der Waals surface area contributed by atoms with Crippen LogP contribution in [-0.2, 0) is 0 Å². The molecule has 64 valence electrons. The lowest BCUT2D eigenvalue weighted by atomic mass is 10.2. The second kappa shape index (κ2) is 3.30. The van der Waals surface area contributed by atoms with Crippen LogP contribution in [0.3, 0.4) is 0 Å². The van der Waals surface area contributed by atoms with E-state index >= 15 is 0 Å². The summed E-state index contributed by atoms with van der Waals surface area (Å²) in [6, 6.07) is 8.07. The number of aryl methyl sites for hydroxylation is 1. The number of para-hydroxylation sites is 1. The Balaban J connectivity index is 3.02. The predicted molar refractivity (Wildman–Crippen MR) is 52.9 cm³/mol. The largest absolute Gasteiger partial charge is 0.386 e. The van der Waals surface area contributed by atoms with Gasteiger partial charge in [-0.25, -0.2) is 0 Å². The maximum Gasteiger partial charge on any atom is 0.0954 e.